The van der Waals surface area contributed by atoms with E-state index < -0.39 is 23.8 Å². The molecule has 0 bridgehead atoms. The molecule has 1 rings (SSSR count). The summed E-state index contributed by atoms with van der Waals surface area (Å²) < 4.78 is 0. The third-order valence-electron chi connectivity index (χ3n) is 2.35. The molecule has 0 aromatic rings. The fourth-order valence-corrected chi connectivity index (χ4v) is 1.57. The lowest BCUT2D eigenvalue weighted by atomic mass is 9.80. The molecule has 0 amide bonds. The van der Waals surface area contributed by atoms with Crippen molar-refractivity contribution in [3.8, 4) is 0 Å². The maximum Gasteiger partial charge on any atom is 0.0455 e. The minimum absolute atomic E-state index is 0.229. The molecule has 2 unspecified atom stereocenters. The summed E-state index contributed by atoms with van der Waals surface area (Å²) in [5, 5.41) is 21.1. The van der Waals surface area contributed by atoms with Gasteiger partial charge in [-0.2, -0.15) is 0 Å². The Bertz CT molecular complexity index is 267. The van der Waals surface area contributed by atoms with Crippen molar-refractivity contribution in [1.82, 2.24) is 0 Å². The topological polar surface area (TPSA) is 80.3 Å². The lowest BCUT2D eigenvalue weighted by Gasteiger charge is -2.31. The Morgan fingerprint density at radius 1 is 1.31 bits per heavy atom. The van der Waals surface area contributed by atoms with Crippen LogP contribution in [-0.2, 0) is 9.59 Å². The summed E-state index contributed by atoms with van der Waals surface area (Å²) >= 11 is 0. The van der Waals surface area contributed by atoms with Crippen molar-refractivity contribution >= 4 is 11.9 Å². The molecular weight excluding hydrogens is 172 g/mol. The zero-order valence-electron chi connectivity index (χ0n) is 7.28. The van der Waals surface area contributed by atoms with Crippen LogP contribution in [0.25, 0.3) is 0 Å². The molecule has 13 heavy (non-hydrogen) atoms. The monoisotopic (exact) mass is 182 g/mol. The summed E-state index contributed by atoms with van der Waals surface area (Å²) in [6, 6.07) is 0. The second-order valence-electron chi connectivity index (χ2n) is 3.34. The maximum atomic E-state index is 10.6. The third kappa shape index (κ3) is 2.08. The number of hydrogen-bond donors (Lipinski definition) is 0. The fourth-order valence-electron chi connectivity index (χ4n) is 1.57. The minimum Gasteiger partial charge on any atom is -0.550 e. The number of carboxylic acid groups (broad SMARTS) is 2. The first-order chi connectivity index (χ1) is 6.02. The summed E-state index contributed by atoms with van der Waals surface area (Å²) in [5.41, 5.74) is 0.895. The van der Waals surface area contributed by atoms with Crippen LogP contribution in [0.1, 0.15) is 19.8 Å². The van der Waals surface area contributed by atoms with Crippen molar-refractivity contribution < 1.29 is 19.8 Å². The van der Waals surface area contributed by atoms with E-state index in [0.29, 0.717) is 0 Å². The van der Waals surface area contributed by atoms with Crippen molar-refractivity contribution in [1.29, 1.82) is 0 Å². The first-order valence-corrected chi connectivity index (χ1v) is 4.09. The van der Waals surface area contributed by atoms with Gasteiger partial charge in [0.15, 0.2) is 0 Å². The average molecular weight is 182 g/mol. The van der Waals surface area contributed by atoms with E-state index in [1.807, 2.05) is 0 Å². The highest BCUT2D eigenvalue weighted by Gasteiger charge is 2.26. The third-order valence-corrected chi connectivity index (χ3v) is 2.35. The standard InChI is InChI=1S/C9H12O4/c1-5-2-3-6(8(10)11)7(4-5)9(12)13/h2,6-7H,3-4H2,1H3,(H,10,11)(H,12,13)/p-2. The maximum absolute atomic E-state index is 10.6. The number of hydrogen-bond acceptors (Lipinski definition) is 4. The molecule has 0 aromatic carbocycles. The highest BCUT2D eigenvalue weighted by molar-refractivity contribution is 5.78. The molecule has 0 radical (unpaired) electrons. The van der Waals surface area contributed by atoms with Gasteiger partial charge in [0.25, 0.3) is 0 Å². The summed E-state index contributed by atoms with van der Waals surface area (Å²) in [7, 11) is 0. The molecule has 1 aliphatic rings. The first kappa shape index (κ1) is 9.77. The molecule has 1 aliphatic carbocycles. The van der Waals surface area contributed by atoms with Gasteiger partial charge in [-0.25, -0.2) is 0 Å². The first-order valence-electron chi connectivity index (χ1n) is 4.09. The number of carboxylic acids is 2. The molecule has 0 saturated carbocycles. The zero-order valence-corrected chi connectivity index (χ0v) is 7.28. The van der Waals surface area contributed by atoms with Crippen molar-refractivity contribution in [3.63, 3.8) is 0 Å². The predicted molar refractivity (Wildman–Crippen MR) is 40.0 cm³/mol. The second-order valence-corrected chi connectivity index (χ2v) is 3.34. The van der Waals surface area contributed by atoms with Gasteiger partial charge in [0.2, 0.25) is 0 Å². The molecule has 0 saturated heterocycles. The zero-order chi connectivity index (χ0) is 10.0. The van der Waals surface area contributed by atoms with Crippen molar-refractivity contribution in [2.75, 3.05) is 0 Å². The van der Waals surface area contributed by atoms with Gasteiger partial charge in [0.1, 0.15) is 0 Å². The molecule has 4 heteroatoms. The van der Waals surface area contributed by atoms with E-state index >= 15 is 0 Å². The number of rotatable bonds is 2. The summed E-state index contributed by atoms with van der Waals surface area (Å²) in [4.78, 5) is 21.1. The van der Waals surface area contributed by atoms with E-state index in [1.54, 1.807) is 13.0 Å². The Morgan fingerprint density at radius 2 is 1.85 bits per heavy atom. The van der Waals surface area contributed by atoms with Gasteiger partial charge >= 0.3 is 0 Å². The molecule has 0 aromatic heterocycles. The lowest BCUT2D eigenvalue weighted by molar-refractivity contribution is -0.326. The smallest absolute Gasteiger partial charge is 0.0455 e. The van der Waals surface area contributed by atoms with Gasteiger partial charge < -0.3 is 19.8 Å². The van der Waals surface area contributed by atoms with E-state index in [4.69, 9.17) is 0 Å². The van der Waals surface area contributed by atoms with Gasteiger partial charge in [-0.1, -0.05) is 11.6 Å². The van der Waals surface area contributed by atoms with Gasteiger partial charge in [0.05, 0.1) is 0 Å². The van der Waals surface area contributed by atoms with E-state index in [-0.39, 0.29) is 12.8 Å². The Balaban J connectivity index is 2.83. The molecule has 0 heterocycles. The van der Waals surface area contributed by atoms with E-state index in [1.165, 1.54) is 0 Å². The summed E-state index contributed by atoms with van der Waals surface area (Å²) in [6.07, 6.45) is 2.22. The SMILES string of the molecule is CC1=CCC(C(=O)[O-])C(C(=O)[O-])C1. The Labute approximate surface area is 75.9 Å². The molecule has 0 aliphatic heterocycles. The molecule has 0 N–H and O–H groups in total. The van der Waals surface area contributed by atoms with Crippen LogP contribution in [0.15, 0.2) is 11.6 Å². The normalized spacial score (nSPS) is 27.9. The highest BCUT2D eigenvalue weighted by atomic mass is 16.4. The Hall–Kier alpha value is -1.32. The van der Waals surface area contributed by atoms with Crippen molar-refractivity contribution in [2.45, 2.75) is 19.8 Å². The Morgan fingerprint density at radius 3 is 2.31 bits per heavy atom. The van der Waals surface area contributed by atoms with Crippen molar-refractivity contribution in [2.24, 2.45) is 11.8 Å². The largest absolute Gasteiger partial charge is 0.550 e. The van der Waals surface area contributed by atoms with E-state index in [2.05, 4.69) is 0 Å². The van der Waals surface area contributed by atoms with E-state index in [9.17, 15) is 19.8 Å². The fraction of sp³-hybridized carbons (Fsp3) is 0.556. The number of aliphatic carboxylic acids is 2. The molecule has 0 fully saturated rings. The van der Waals surface area contributed by atoms with Crippen LogP contribution in [0.3, 0.4) is 0 Å². The van der Waals surface area contributed by atoms with Gasteiger partial charge in [-0.15, -0.1) is 0 Å². The molecular formula is C9H10O4-2. The van der Waals surface area contributed by atoms with Crippen LogP contribution in [0.2, 0.25) is 0 Å². The van der Waals surface area contributed by atoms with Crippen molar-refractivity contribution in [3.05, 3.63) is 11.6 Å². The Kier molecular flexibility index (Phi) is 2.70. The highest BCUT2D eigenvalue weighted by Crippen LogP contribution is 2.28. The quantitative estimate of drug-likeness (QED) is 0.485. The number of allylic oxidation sites excluding steroid dienone is 2. The lowest BCUT2D eigenvalue weighted by Crippen LogP contribution is -2.45. The van der Waals surface area contributed by atoms with Crippen LogP contribution in [0.5, 0.6) is 0 Å². The molecule has 4 nitrogen and oxygen atoms in total. The van der Waals surface area contributed by atoms with Crippen LogP contribution in [-0.4, -0.2) is 11.9 Å². The average Bonchev–Trinajstić information content (AvgIpc) is 2.03. The van der Waals surface area contributed by atoms with Gasteiger partial charge in [0, 0.05) is 23.8 Å². The van der Waals surface area contributed by atoms with Crippen LogP contribution in [0, 0.1) is 11.8 Å². The number of carbonyl (C=O) groups is 2. The van der Waals surface area contributed by atoms with Gasteiger partial charge in [-0.05, 0) is 19.8 Å². The second kappa shape index (κ2) is 3.60. The van der Waals surface area contributed by atoms with Crippen LogP contribution in [0.4, 0.5) is 0 Å². The summed E-state index contributed by atoms with van der Waals surface area (Å²) in [5.74, 6) is -4.48. The van der Waals surface area contributed by atoms with E-state index in [0.717, 1.165) is 5.57 Å². The van der Waals surface area contributed by atoms with Crippen LogP contribution >= 0.6 is 0 Å². The van der Waals surface area contributed by atoms with Gasteiger partial charge in [-0.3, -0.25) is 0 Å². The molecule has 72 valence electrons. The molecule has 0 spiro atoms. The predicted octanol–water partition coefficient (Wildman–Crippen LogP) is -1.54. The molecule has 2 atom stereocenters. The summed E-state index contributed by atoms with van der Waals surface area (Å²) in [6.45, 7) is 1.78. The van der Waals surface area contributed by atoms with Crippen LogP contribution < -0.4 is 10.2 Å². The minimum atomic E-state index is -1.31. The number of carbonyl (C=O) groups excluding carboxylic acids is 2.